The fourth-order valence-corrected chi connectivity index (χ4v) is 8.80. The van der Waals surface area contributed by atoms with Gasteiger partial charge in [0.05, 0.1) is 17.6 Å². The molecule has 3 N–H and O–H groups in total. The SMILES string of the molecule is C/C(=C\C(O)CC(C)C1CC(=O)C2(C)C3=C(C(=O)CC12C)C1(C)CCC(O)C(C)(C)C1CC3=O)C(=O)O. The predicted molar refractivity (Wildman–Crippen MR) is 137 cm³/mol. The number of carboxylic acids is 1. The van der Waals surface area contributed by atoms with Gasteiger partial charge < -0.3 is 15.3 Å². The van der Waals surface area contributed by atoms with Crippen LogP contribution in [-0.4, -0.2) is 50.8 Å². The quantitative estimate of drug-likeness (QED) is 0.472. The zero-order valence-corrected chi connectivity index (χ0v) is 23.2. The second-order valence-corrected chi connectivity index (χ2v) is 13.5. The normalized spacial score (nSPS) is 41.2. The van der Waals surface area contributed by atoms with Gasteiger partial charge in [-0.05, 0) is 67.8 Å². The highest BCUT2D eigenvalue weighted by Crippen LogP contribution is 2.70. The molecule has 0 saturated heterocycles. The Labute approximate surface area is 219 Å². The van der Waals surface area contributed by atoms with Crippen molar-refractivity contribution in [1.82, 2.24) is 0 Å². The van der Waals surface area contributed by atoms with E-state index < -0.39 is 39.8 Å². The number of hydrogen-bond acceptors (Lipinski definition) is 6. The maximum atomic E-state index is 14.0. The molecule has 7 nitrogen and oxygen atoms in total. The second-order valence-electron chi connectivity index (χ2n) is 13.5. The molecule has 0 aromatic carbocycles. The van der Waals surface area contributed by atoms with E-state index in [1.165, 1.54) is 13.0 Å². The molecule has 8 unspecified atom stereocenters. The Morgan fingerprint density at radius 2 is 1.68 bits per heavy atom. The molecule has 4 aliphatic rings. The number of Topliss-reactive ketones (excluding diaryl/α,β-unsaturated/α-hetero) is 3. The Bertz CT molecular complexity index is 1130. The molecule has 7 heteroatoms. The van der Waals surface area contributed by atoms with Gasteiger partial charge in [-0.1, -0.05) is 34.6 Å². The lowest BCUT2D eigenvalue weighted by molar-refractivity contribution is -0.145. The number of carboxylic acid groups (broad SMARTS) is 1. The molecule has 0 amide bonds. The number of aliphatic carboxylic acids is 1. The van der Waals surface area contributed by atoms with E-state index in [0.29, 0.717) is 24.0 Å². The largest absolute Gasteiger partial charge is 0.478 e. The van der Waals surface area contributed by atoms with Crippen LogP contribution < -0.4 is 0 Å². The second kappa shape index (κ2) is 8.70. The maximum absolute atomic E-state index is 14.0. The van der Waals surface area contributed by atoms with Crippen LogP contribution in [0.5, 0.6) is 0 Å². The molecule has 4 rings (SSSR count). The van der Waals surface area contributed by atoms with Crippen LogP contribution in [0.4, 0.5) is 0 Å². The number of rotatable bonds is 5. The molecule has 8 atom stereocenters. The van der Waals surface area contributed by atoms with Crippen molar-refractivity contribution in [2.24, 2.45) is 39.4 Å². The van der Waals surface area contributed by atoms with Gasteiger partial charge in [-0.2, -0.15) is 0 Å². The van der Waals surface area contributed by atoms with E-state index >= 15 is 0 Å². The van der Waals surface area contributed by atoms with Crippen molar-refractivity contribution in [3.63, 3.8) is 0 Å². The zero-order valence-electron chi connectivity index (χ0n) is 23.2. The first-order valence-corrected chi connectivity index (χ1v) is 13.6. The van der Waals surface area contributed by atoms with E-state index in [4.69, 9.17) is 5.11 Å². The molecule has 0 radical (unpaired) electrons. The summed E-state index contributed by atoms with van der Waals surface area (Å²) in [6.07, 6.45) is 1.75. The molecule has 0 aromatic heterocycles. The summed E-state index contributed by atoms with van der Waals surface area (Å²) in [5, 5.41) is 30.4. The molecular weight excluding hydrogens is 472 g/mol. The summed E-state index contributed by atoms with van der Waals surface area (Å²) in [7, 11) is 0. The van der Waals surface area contributed by atoms with Crippen LogP contribution in [0.25, 0.3) is 0 Å². The average molecular weight is 515 g/mol. The van der Waals surface area contributed by atoms with E-state index in [0.717, 1.165) is 0 Å². The number of fused-ring (bicyclic) bond motifs is 4. The van der Waals surface area contributed by atoms with Gasteiger partial charge in [0.25, 0.3) is 0 Å². The molecule has 204 valence electrons. The van der Waals surface area contributed by atoms with Crippen molar-refractivity contribution in [2.45, 2.75) is 99.2 Å². The van der Waals surface area contributed by atoms with E-state index in [2.05, 4.69) is 0 Å². The van der Waals surface area contributed by atoms with Crippen LogP contribution in [0.15, 0.2) is 22.8 Å². The van der Waals surface area contributed by atoms with Crippen molar-refractivity contribution in [3.8, 4) is 0 Å². The van der Waals surface area contributed by atoms with Gasteiger partial charge >= 0.3 is 5.97 Å². The van der Waals surface area contributed by atoms with Crippen LogP contribution in [0, 0.1) is 39.4 Å². The minimum atomic E-state index is -1.10. The van der Waals surface area contributed by atoms with Crippen LogP contribution >= 0.6 is 0 Å². The summed E-state index contributed by atoms with van der Waals surface area (Å²) in [5.41, 5.74) is -2.01. The summed E-state index contributed by atoms with van der Waals surface area (Å²) in [5.74, 6) is -1.95. The first kappa shape index (κ1) is 27.9. The molecule has 37 heavy (non-hydrogen) atoms. The fraction of sp³-hybridized carbons (Fsp3) is 0.733. The van der Waals surface area contributed by atoms with Crippen molar-refractivity contribution in [3.05, 3.63) is 22.8 Å². The summed E-state index contributed by atoms with van der Waals surface area (Å²) >= 11 is 0. The average Bonchev–Trinajstić information content (AvgIpc) is 2.99. The van der Waals surface area contributed by atoms with E-state index in [1.54, 1.807) is 0 Å². The topological polar surface area (TPSA) is 129 Å². The Morgan fingerprint density at radius 1 is 1.05 bits per heavy atom. The molecule has 0 aromatic rings. The van der Waals surface area contributed by atoms with Crippen LogP contribution in [-0.2, 0) is 19.2 Å². The fourth-order valence-electron chi connectivity index (χ4n) is 8.80. The maximum Gasteiger partial charge on any atom is 0.331 e. The molecule has 0 aliphatic heterocycles. The predicted octanol–water partition coefficient (Wildman–Crippen LogP) is 4.05. The van der Waals surface area contributed by atoms with Gasteiger partial charge in [0, 0.05) is 41.4 Å². The summed E-state index contributed by atoms with van der Waals surface area (Å²) in [6.45, 7) is 13.1. The third-order valence-corrected chi connectivity index (χ3v) is 11.3. The highest BCUT2D eigenvalue weighted by atomic mass is 16.4. The first-order valence-electron chi connectivity index (χ1n) is 13.6. The molecule has 0 spiro atoms. The number of ketones is 3. The molecule has 2 saturated carbocycles. The number of carbonyl (C=O) groups excluding carboxylic acids is 3. The molecular formula is C30H42O7. The summed E-state index contributed by atoms with van der Waals surface area (Å²) in [4.78, 5) is 53.0. The highest BCUT2D eigenvalue weighted by Gasteiger charge is 2.70. The van der Waals surface area contributed by atoms with Crippen LogP contribution in [0.3, 0.4) is 0 Å². The van der Waals surface area contributed by atoms with E-state index in [-0.39, 0.29) is 66.4 Å². The van der Waals surface area contributed by atoms with Crippen molar-refractivity contribution < 1.29 is 34.5 Å². The lowest BCUT2D eigenvalue weighted by Crippen LogP contribution is -2.59. The molecule has 2 fully saturated rings. The zero-order chi connectivity index (χ0) is 27.9. The third-order valence-electron chi connectivity index (χ3n) is 11.3. The van der Waals surface area contributed by atoms with Gasteiger partial charge in [0.2, 0.25) is 0 Å². The van der Waals surface area contributed by atoms with Crippen LogP contribution in [0.1, 0.15) is 87.0 Å². The highest BCUT2D eigenvalue weighted by molar-refractivity contribution is 6.16. The van der Waals surface area contributed by atoms with Gasteiger partial charge in [0.15, 0.2) is 11.6 Å². The smallest absolute Gasteiger partial charge is 0.331 e. The standard InChI is InChI=1S/C30H42O7/c1-15(10-17(31)11-16(2)26(36)37)18-12-23(35)30(7)25-19(32)13-21-27(3,4)22(34)8-9-28(21,5)24(25)20(33)14-29(18,30)6/h11,15,17-18,21-22,31,34H,8-10,12-14H2,1-7H3,(H,36,37)/b16-11+. The number of carbonyl (C=O) groups is 4. The summed E-state index contributed by atoms with van der Waals surface area (Å²) in [6, 6.07) is 0. The molecule has 0 heterocycles. The van der Waals surface area contributed by atoms with E-state index in [1.807, 2.05) is 41.5 Å². The van der Waals surface area contributed by atoms with Gasteiger partial charge in [0.1, 0.15) is 5.78 Å². The van der Waals surface area contributed by atoms with Crippen molar-refractivity contribution in [2.75, 3.05) is 0 Å². The monoisotopic (exact) mass is 514 g/mol. The molecule has 4 aliphatic carbocycles. The Morgan fingerprint density at radius 3 is 2.27 bits per heavy atom. The van der Waals surface area contributed by atoms with Gasteiger partial charge in [-0.25, -0.2) is 4.79 Å². The third kappa shape index (κ3) is 3.75. The summed E-state index contributed by atoms with van der Waals surface area (Å²) < 4.78 is 0. The minimum Gasteiger partial charge on any atom is -0.478 e. The molecule has 0 bridgehead atoms. The Hall–Kier alpha value is -2.12. The lowest BCUT2D eigenvalue weighted by Gasteiger charge is -2.60. The Balaban J connectivity index is 1.78. The van der Waals surface area contributed by atoms with Crippen LogP contribution in [0.2, 0.25) is 0 Å². The van der Waals surface area contributed by atoms with E-state index in [9.17, 15) is 29.4 Å². The minimum absolute atomic E-state index is 0.0379. The van der Waals surface area contributed by atoms with Crippen molar-refractivity contribution >= 4 is 23.3 Å². The van der Waals surface area contributed by atoms with Gasteiger partial charge in [-0.15, -0.1) is 0 Å². The number of aliphatic hydroxyl groups excluding tert-OH is 2. The number of aliphatic hydroxyl groups is 2. The number of allylic oxidation sites excluding steroid dienone is 2. The van der Waals surface area contributed by atoms with Gasteiger partial charge in [-0.3, -0.25) is 14.4 Å². The number of hydrogen-bond donors (Lipinski definition) is 3. The first-order chi connectivity index (χ1) is 16.9. The Kier molecular flexibility index (Phi) is 6.56. The van der Waals surface area contributed by atoms with Crippen molar-refractivity contribution in [1.29, 1.82) is 0 Å². The lowest BCUT2D eigenvalue weighted by atomic mass is 9.42.